The number of fused-ring (bicyclic) bond motifs is 1. The lowest BCUT2D eigenvalue weighted by Gasteiger charge is -2.27. The van der Waals surface area contributed by atoms with Gasteiger partial charge < -0.3 is 24.4 Å². The Morgan fingerprint density at radius 3 is 2.41 bits per heavy atom. The molecule has 0 aromatic heterocycles. The molecule has 0 spiro atoms. The summed E-state index contributed by atoms with van der Waals surface area (Å²) in [7, 11) is 0. The minimum absolute atomic E-state index is 0.0326. The lowest BCUT2D eigenvalue weighted by atomic mass is 9.87. The highest BCUT2D eigenvalue weighted by molar-refractivity contribution is 6.31. The highest BCUT2D eigenvalue weighted by Gasteiger charge is 2.61. The predicted molar refractivity (Wildman–Crippen MR) is 118 cm³/mol. The van der Waals surface area contributed by atoms with Crippen molar-refractivity contribution in [3.63, 3.8) is 0 Å². The first kappa shape index (κ1) is 25.7. The molecule has 5 rings (SSSR count). The maximum absolute atomic E-state index is 13.3. The van der Waals surface area contributed by atoms with Crippen molar-refractivity contribution in [2.75, 3.05) is 20.0 Å². The summed E-state index contributed by atoms with van der Waals surface area (Å²) < 4.78 is 54.9. The summed E-state index contributed by atoms with van der Waals surface area (Å²) in [5.41, 5.74) is -1.55. The van der Waals surface area contributed by atoms with E-state index in [1.54, 1.807) is 0 Å². The normalized spacial score (nSPS) is 24.3. The smallest absolute Gasteiger partial charge is 0.425 e. The third-order valence-corrected chi connectivity index (χ3v) is 7.33. The number of benzene rings is 1. The van der Waals surface area contributed by atoms with Crippen molar-refractivity contribution < 1.29 is 46.6 Å². The van der Waals surface area contributed by atoms with Gasteiger partial charge in [0.15, 0.2) is 6.10 Å². The molecule has 1 aromatic carbocycles. The second-order valence-electron chi connectivity index (χ2n) is 9.53. The van der Waals surface area contributed by atoms with E-state index in [2.05, 4.69) is 5.32 Å². The number of nitrogens with one attached hydrogen (secondary N) is 1. The number of rotatable bonds is 5. The molecule has 1 atom stereocenters. The second kappa shape index (κ2) is 9.44. The summed E-state index contributed by atoms with van der Waals surface area (Å²) in [6.45, 7) is 0.216. The molecule has 200 valence electrons. The van der Waals surface area contributed by atoms with Crippen molar-refractivity contribution in [1.82, 2.24) is 15.1 Å². The number of hydrogen-bond acceptors (Lipinski definition) is 7. The summed E-state index contributed by atoms with van der Waals surface area (Å²) in [6.07, 6.45) is -5.52. The van der Waals surface area contributed by atoms with E-state index in [9.17, 15) is 32.3 Å². The molecule has 4 aliphatic rings. The topological polar surface area (TPSA) is 114 Å². The Bertz CT molecular complexity index is 1150. The molecule has 1 saturated carbocycles. The van der Waals surface area contributed by atoms with Gasteiger partial charge >= 0.3 is 18.3 Å². The average molecular weight is 546 g/mol. The Hall–Kier alpha value is -2.90. The molecule has 1 unspecified atom stereocenters. The van der Waals surface area contributed by atoms with E-state index < -0.39 is 52.3 Å². The lowest BCUT2D eigenvalue weighted by molar-refractivity contribution is -0.155. The molecule has 14 heteroatoms. The standard InChI is InChI=1S/C23H23ClF3N3O7/c24-17-6-13-8-29(7-12(13)5-16(17)23(25,26)27)18(31)3-4-22(14-1-2-14)19(32)30(20(33)28-22)21(34)37-15-9-35-11-36-10-15/h5-6,14-15H,1-4,7-11H2,(H,28,33). The van der Waals surface area contributed by atoms with Crippen LogP contribution in [0.2, 0.25) is 5.02 Å². The monoisotopic (exact) mass is 545 g/mol. The molecule has 37 heavy (non-hydrogen) atoms. The van der Waals surface area contributed by atoms with Gasteiger partial charge in [-0.15, -0.1) is 0 Å². The largest absolute Gasteiger partial charge is 0.440 e. The Morgan fingerprint density at radius 2 is 1.78 bits per heavy atom. The van der Waals surface area contributed by atoms with Gasteiger partial charge in [0.2, 0.25) is 5.91 Å². The van der Waals surface area contributed by atoms with Gasteiger partial charge in [0.05, 0.1) is 23.8 Å². The average Bonchev–Trinajstić information content (AvgIpc) is 3.55. The number of alkyl halides is 3. The van der Waals surface area contributed by atoms with Gasteiger partial charge in [0.25, 0.3) is 5.91 Å². The van der Waals surface area contributed by atoms with Gasteiger partial charge in [-0.2, -0.15) is 18.1 Å². The highest BCUT2D eigenvalue weighted by Crippen LogP contribution is 2.46. The first-order chi connectivity index (χ1) is 17.5. The van der Waals surface area contributed by atoms with Gasteiger partial charge in [-0.25, -0.2) is 9.59 Å². The fourth-order valence-corrected chi connectivity index (χ4v) is 5.28. The Morgan fingerprint density at radius 1 is 1.14 bits per heavy atom. The quantitative estimate of drug-likeness (QED) is 0.565. The van der Waals surface area contributed by atoms with Crippen molar-refractivity contribution in [1.29, 1.82) is 0 Å². The van der Waals surface area contributed by atoms with E-state index in [1.807, 2.05) is 0 Å². The van der Waals surface area contributed by atoms with Crippen LogP contribution in [0.15, 0.2) is 12.1 Å². The van der Waals surface area contributed by atoms with E-state index >= 15 is 0 Å². The zero-order valence-corrected chi connectivity index (χ0v) is 20.2. The van der Waals surface area contributed by atoms with Gasteiger partial charge in [-0.05, 0) is 48.4 Å². The van der Waals surface area contributed by atoms with Crippen molar-refractivity contribution in [2.45, 2.75) is 56.6 Å². The molecular weight excluding hydrogens is 523 g/mol. The minimum Gasteiger partial charge on any atom is -0.440 e. The molecule has 3 aliphatic heterocycles. The zero-order valence-electron chi connectivity index (χ0n) is 19.4. The van der Waals surface area contributed by atoms with Crippen LogP contribution in [0.1, 0.15) is 42.4 Å². The number of hydrogen-bond donors (Lipinski definition) is 1. The van der Waals surface area contributed by atoms with Crippen LogP contribution in [0.5, 0.6) is 0 Å². The molecule has 3 fully saturated rings. The van der Waals surface area contributed by atoms with Gasteiger partial charge in [-0.3, -0.25) is 9.59 Å². The Kier molecular flexibility index (Phi) is 6.57. The summed E-state index contributed by atoms with van der Waals surface area (Å²) in [6, 6.07) is 1.23. The Balaban J connectivity index is 1.25. The van der Waals surface area contributed by atoms with Crippen LogP contribution < -0.4 is 5.32 Å². The van der Waals surface area contributed by atoms with Crippen LogP contribution in [0, 0.1) is 5.92 Å². The third kappa shape index (κ3) is 4.87. The number of amides is 5. The van der Waals surface area contributed by atoms with Crippen LogP contribution in [-0.2, 0) is 43.1 Å². The van der Waals surface area contributed by atoms with E-state index in [4.69, 9.17) is 25.8 Å². The van der Waals surface area contributed by atoms with Crippen LogP contribution in [0.25, 0.3) is 0 Å². The molecule has 5 amide bonds. The number of carbonyl (C=O) groups is 4. The summed E-state index contributed by atoms with van der Waals surface area (Å²) in [5, 5.41) is 2.16. The van der Waals surface area contributed by atoms with Crippen molar-refractivity contribution in [3.8, 4) is 0 Å². The number of halogens is 4. The molecule has 1 N–H and O–H groups in total. The van der Waals surface area contributed by atoms with Crippen molar-refractivity contribution in [2.24, 2.45) is 5.92 Å². The molecular formula is C23H23ClF3N3O7. The molecule has 2 saturated heterocycles. The molecule has 10 nitrogen and oxygen atoms in total. The molecule has 1 aliphatic carbocycles. The lowest BCUT2D eigenvalue weighted by Crippen LogP contribution is -2.50. The molecule has 1 aromatic rings. The zero-order chi connectivity index (χ0) is 26.5. The molecule has 0 bridgehead atoms. The van der Waals surface area contributed by atoms with E-state index in [-0.39, 0.29) is 51.9 Å². The van der Waals surface area contributed by atoms with Crippen molar-refractivity contribution in [3.05, 3.63) is 33.8 Å². The van der Waals surface area contributed by atoms with Crippen LogP contribution in [0.4, 0.5) is 22.8 Å². The fourth-order valence-electron chi connectivity index (χ4n) is 4.99. The molecule has 3 heterocycles. The summed E-state index contributed by atoms with van der Waals surface area (Å²) in [4.78, 5) is 53.3. The number of imide groups is 3. The number of ether oxygens (including phenoxy) is 3. The first-order valence-corrected chi connectivity index (χ1v) is 12.1. The van der Waals surface area contributed by atoms with Crippen molar-refractivity contribution >= 4 is 35.5 Å². The van der Waals surface area contributed by atoms with Gasteiger partial charge in [0.1, 0.15) is 12.3 Å². The number of urea groups is 1. The maximum Gasteiger partial charge on any atom is 0.425 e. The third-order valence-electron chi connectivity index (χ3n) is 7.02. The van der Waals surface area contributed by atoms with E-state index in [0.717, 1.165) is 6.07 Å². The fraction of sp³-hybridized carbons (Fsp3) is 0.565. The predicted octanol–water partition coefficient (Wildman–Crippen LogP) is 3.19. The first-order valence-electron chi connectivity index (χ1n) is 11.7. The number of nitrogens with zero attached hydrogens (tertiary/aromatic N) is 2. The number of carbonyl (C=O) groups excluding carboxylic acids is 4. The van der Waals surface area contributed by atoms with Crippen LogP contribution in [0.3, 0.4) is 0 Å². The molecule has 0 radical (unpaired) electrons. The second-order valence-corrected chi connectivity index (χ2v) is 9.94. The van der Waals surface area contributed by atoms with Crippen LogP contribution >= 0.6 is 11.6 Å². The SMILES string of the molecule is O=C(CCC1(C2CC2)NC(=O)N(C(=O)OC2COCOC2)C1=O)N1Cc2cc(Cl)c(C(F)(F)F)cc2C1. The summed E-state index contributed by atoms with van der Waals surface area (Å²) >= 11 is 5.80. The van der Waals surface area contributed by atoms with Gasteiger partial charge in [0, 0.05) is 19.5 Å². The van der Waals surface area contributed by atoms with E-state index in [1.165, 1.54) is 11.0 Å². The van der Waals surface area contributed by atoms with E-state index in [0.29, 0.717) is 28.9 Å². The highest BCUT2D eigenvalue weighted by atomic mass is 35.5. The Labute approximate surface area is 213 Å². The minimum atomic E-state index is -4.62. The summed E-state index contributed by atoms with van der Waals surface area (Å²) in [5.74, 6) is -1.44. The van der Waals surface area contributed by atoms with Crippen LogP contribution in [-0.4, -0.2) is 65.4 Å². The van der Waals surface area contributed by atoms with Gasteiger partial charge in [-0.1, -0.05) is 11.6 Å². The maximum atomic E-state index is 13.3.